The molecule has 1 aliphatic carbocycles. The number of esters is 1. The first kappa shape index (κ1) is 14.1. The number of nitrogens with one attached hydrogen (secondary N) is 2. The minimum absolute atomic E-state index is 0.00421. The van der Waals surface area contributed by atoms with Crippen molar-refractivity contribution in [2.24, 2.45) is 11.3 Å². The zero-order valence-electron chi connectivity index (χ0n) is 11.9. The Balaban J connectivity index is 1.98. The second kappa shape index (κ2) is 4.67. The fourth-order valence-electron chi connectivity index (χ4n) is 2.82. The SMILES string of the molecule is COC(=O)C1CC2(CNC2)C1NC(=O)OC(C)(C)C. The van der Waals surface area contributed by atoms with E-state index in [4.69, 9.17) is 9.47 Å². The number of hydrogen-bond acceptors (Lipinski definition) is 5. The summed E-state index contributed by atoms with van der Waals surface area (Å²) in [7, 11) is 1.37. The first-order chi connectivity index (χ1) is 8.77. The van der Waals surface area contributed by atoms with Gasteiger partial charge in [-0.25, -0.2) is 4.79 Å². The van der Waals surface area contributed by atoms with Crippen LogP contribution in [-0.2, 0) is 14.3 Å². The lowest BCUT2D eigenvalue weighted by Crippen LogP contribution is -2.75. The monoisotopic (exact) mass is 270 g/mol. The summed E-state index contributed by atoms with van der Waals surface area (Å²) in [6.07, 6.45) is 0.282. The number of hydrogen-bond donors (Lipinski definition) is 2. The maximum atomic E-state index is 11.8. The smallest absolute Gasteiger partial charge is 0.407 e. The number of carbonyl (C=O) groups excluding carboxylic acids is 2. The molecule has 1 heterocycles. The number of amides is 1. The number of methoxy groups -OCH3 is 1. The summed E-state index contributed by atoms with van der Waals surface area (Å²) in [5.41, 5.74) is -0.546. The minimum atomic E-state index is -0.542. The van der Waals surface area contributed by atoms with Gasteiger partial charge in [0, 0.05) is 18.5 Å². The molecule has 6 heteroatoms. The molecule has 0 radical (unpaired) electrons. The van der Waals surface area contributed by atoms with E-state index in [1.54, 1.807) is 0 Å². The van der Waals surface area contributed by atoms with Crippen LogP contribution in [0.5, 0.6) is 0 Å². The molecular weight excluding hydrogens is 248 g/mol. The molecule has 2 aliphatic rings. The van der Waals surface area contributed by atoms with Gasteiger partial charge in [-0.1, -0.05) is 0 Å². The summed E-state index contributed by atoms with van der Waals surface area (Å²) >= 11 is 0. The first-order valence-electron chi connectivity index (χ1n) is 6.55. The molecule has 2 N–H and O–H groups in total. The van der Waals surface area contributed by atoms with Crippen LogP contribution in [0.1, 0.15) is 27.2 Å². The second-order valence-electron chi connectivity index (χ2n) is 6.42. The van der Waals surface area contributed by atoms with Crippen molar-refractivity contribution in [2.75, 3.05) is 20.2 Å². The van der Waals surface area contributed by atoms with Gasteiger partial charge in [0.25, 0.3) is 0 Å². The van der Waals surface area contributed by atoms with Crippen molar-refractivity contribution in [1.29, 1.82) is 0 Å². The summed E-state index contributed by atoms with van der Waals surface area (Å²) in [6, 6.07) is -0.198. The van der Waals surface area contributed by atoms with Gasteiger partial charge < -0.3 is 20.1 Å². The van der Waals surface area contributed by atoms with Crippen LogP contribution in [-0.4, -0.2) is 43.9 Å². The van der Waals surface area contributed by atoms with Gasteiger partial charge in [-0.3, -0.25) is 4.79 Å². The molecule has 0 aromatic rings. The van der Waals surface area contributed by atoms with E-state index in [0.29, 0.717) is 0 Å². The molecule has 0 aromatic carbocycles. The Morgan fingerprint density at radius 3 is 2.37 bits per heavy atom. The van der Waals surface area contributed by atoms with E-state index in [0.717, 1.165) is 19.5 Å². The van der Waals surface area contributed by atoms with Crippen LogP contribution in [0.3, 0.4) is 0 Å². The molecule has 0 aromatic heterocycles. The number of ether oxygens (including phenoxy) is 2. The van der Waals surface area contributed by atoms with Crippen LogP contribution < -0.4 is 10.6 Å². The zero-order valence-corrected chi connectivity index (χ0v) is 11.9. The van der Waals surface area contributed by atoms with Crippen LogP contribution in [0.2, 0.25) is 0 Å². The molecule has 2 rings (SSSR count). The van der Waals surface area contributed by atoms with Crippen molar-refractivity contribution >= 4 is 12.1 Å². The Labute approximate surface area is 113 Å². The Morgan fingerprint density at radius 1 is 1.32 bits per heavy atom. The number of carbonyl (C=O) groups is 2. The maximum absolute atomic E-state index is 11.8. The fourth-order valence-corrected chi connectivity index (χ4v) is 2.82. The summed E-state index contributed by atoms with van der Waals surface area (Å²) in [6.45, 7) is 7.07. The average molecular weight is 270 g/mol. The third-order valence-electron chi connectivity index (χ3n) is 3.82. The fraction of sp³-hybridized carbons (Fsp3) is 0.846. The zero-order chi connectivity index (χ0) is 14.3. The molecule has 0 bridgehead atoms. The van der Waals surface area contributed by atoms with Gasteiger partial charge in [-0.15, -0.1) is 0 Å². The van der Waals surface area contributed by atoms with Crippen LogP contribution >= 0.6 is 0 Å². The van der Waals surface area contributed by atoms with Crippen molar-refractivity contribution < 1.29 is 19.1 Å². The highest BCUT2D eigenvalue weighted by molar-refractivity contribution is 5.77. The molecule has 1 saturated heterocycles. The van der Waals surface area contributed by atoms with Gasteiger partial charge >= 0.3 is 12.1 Å². The molecule has 1 aliphatic heterocycles. The standard InChI is InChI=1S/C13H22N2O4/c1-12(2,3)19-11(17)15-9-8(10(16)18-4)5-13(9)6-14-7-13/h8-9,14H,5-7H2,1-4H3,(H,15,17). The summed E-state index contributed by atoms with van der Waals surface area (Å²) in [5.74, 6) is -0.529. The molecule has 2 fully saturated rings. The van der Waals surface area contributed by atoms with Crippen LogP contribution in [0, 0.1) is 11.3 Å². The molecule has 2 unspecified atom stereocenters. The summed E-state index contributed by atoms with van der Waals surface area (Å²) < 4.78 is 10.0. The quantitative estimate of drug-likeness (QED) is 0.721. The molecule has 1 saturated carbocycles. The molecule has 2 atom stereocenters. The van der Waals surface area contributed by atoms with Crippen molar-refractivity contribution in [3.63, 3.8) is 0 Å². The highest BCUT2D eigenvalue weighted by atomic mass is 16.6. The van der Waals surface area contributed by atoms with Crippen molar-refractivity contribution in [2.45, 2.75) is 38.8 Å². The Morgan fingerprint density at radius 2 is 1.95 bits per heavy atom. The molecule has 19 heavy (non-hydrogen) atoms. The predicted molar refractivity (Wildman–Crippen MR) is 68.6 cm³/mol. The van der Waals surface area contributed by atoms with E-state index in [2.05, 4.69) is 10.6 Å². The summed E-state index contributed by atoms with van der Waals surface area (Å²) in [4.78, 5) is 23.5. The Hall–Kier alpha value is -1.30. The van der Waals surface area contributed by atoms with Gasteiger partial charge in [0.15, 0.2) is 0 Å². The van der Waals surface area contributed by atoms with Gasteiger partial charge in [0.05, 0.1) is 19.1 Å². The molecule has 1 spiro atoms. The third-order valence-corrected chi connectivity index (χ3v) is 3.82. The van der Waals surface area contributed by atoms with Crippen molar-refractivity contribution in [3.8, 4) is 0 Å². The van der Waals surface area contributed by atoms with E-state index in [1.807, 2.05) is 20.8 Å². The molecule has 1 amide bonds. The van der Waals surface area contributed by atoms with Gasteiger partial charge in [0.2, 0.25) is 0 Å². The summed E-state index contributed by atoms with van der Waals surface area (Å²) in [5, 5.41) is 6.02. The topological polar surface area (TPSA) is 76.7 Å². The van der Waals surface area contributed by atoms with Crippen molar-refractivity contribution in [1.82, 2.24) is 10.6 Å². The number of rotatable bonds is 2. The lowest BCUT2D eigenvalue weighted by atomic mass is 9.54. The lowest BCUT2D eigenvalue weighted by Gasteiger charge is -2.59. The second-order valence-corrected chi connectivity index (χ2v) is 6.42. The van der Waals surface area contributed by atoms with E-state index in [1.165, 1.54) is 7.11 Å². The number of alkyl carbamates (subject to hydrolysis) is 1. The van der Waals surface area contributed by atoms with Gasteiger partial charge in [-0.2, -0.15) is 0 Å². The first-order valence-corrected chi connectivity index (χ1v) is 6.55. The van der Waals surface area contributed by atoms with Gasteiger partial charge in [0.1, 0.15) is 5.60 Å². The van der Waals surface area contributed by atoms with E-state index >= 15 is 0 Å². The molecular formula is C13H22N2O4. The van der Waals surface area contributed by atoms with Gasteiger partial charge in [-0.05, 0) is 27.2 Å². The Kier molecular flexibility index (Phi) is 3.47. The highest BCUT2D eigenvalue weighted by Gasteiger charge is 2.60. The largest absolute Gasteiger partial charge is 0.469 e. The maximum Gasteiger partial charge on any atom is 0.407 e. The lowest BCUT2D eigenvalue weighted by molar-refractivity contribution is -0.161. The van der Waals surface area contributed by atoms with Crippen LogP contribution in [0.25, 0.3) is 0 Å². The van der Waals surface area contributed by atoms with E-state index < -0.39 is 11.7 Å². The molecule has 6 nitrogen and oxygen atoms in total. The van der Waals surface area contributed by atoms with Crippen LogP contribution in [0.4, 0.5) is 4.79 Å². The van der Waals surface area contributed by atoms with E-state index in [9.17, 15) is 9.59 Å². The van der Waals surface area contributed by atoms with Crippen molar-refractivity contribution in [3.05, 3.63) is 0 Å². The van der Waals surface area contributed by atoms with Crippen LogP contribution in [0.15, 0.2) is 0 Å². The predicted octanol–water partition coefficient (Wildman–Crippen LogP) is 0.662. The minimum Gasteiger partial charge on any atom is -0.469 e. The normalized spacial score (nSPS) is 28.0. The average Bonchev–Trinajstić information content (AvgIpc) is 2.19. The molecule has 108 valence electrons. The Bertz CT molecular complexity index is 385. The van der Waals surface area contributed by atoms with E-state index in [-0.39, 0.29) is 23.3 Å². The third kappa shape index (κ3) is 2.68. The highest BCUT2D eigenvalue weighted by Crippen LogP contribution is 2.49.